The summed E-state index contributed by atoms with van der Waals surface area (Å²) < 4.78 is 5.01. The Bertz CT molecular complexity index is 422. The van der Waals surface area contributed by atoms with Crippen LogP contribution in [0.25, 0.3) is 0 Å². The van der Waals surface area contributed by atoms with Gasteiger partial charge in [0, 0.05) is 13.0 Å². The molecule has 0 aliphatic heterocycles. The Hall–Kier alpha value is -2.08. The number of hydrogen-bond donors (Lipinski definition) is 3. The SMILES string of the molecule is CCNC(=O)C[C@H](CO)NC(=O)OCc1ccccc1. The van der Waals surface area contributed by atoms with Gasteiger partial charge in [0.25, 0.3) is 0 Å². The van der Waals surface area contributed by atoms with E-state index in [-0.39, 0.29) is 25.5 Å². The Kier molecular flexibility index (Phi) is 7.13. The van der Waals surface area contributed by atoms with Gasteiger partial charge in [0.15, 0.2) is 0 Å². The lowest BCUT2D eigenvalue weighted by Crippen LogP contribution is -2.41. The van der Waals surface area contributed by atoms with E-state index in [0.29, 0.717) is 6.54 Å². The Balaban J connectivity index is 2.34. The first-order valence-electron chi connectivity index (χ1n) is 6.50. The standard InChI is InChI=1S/C14H20N2O4/c1-2-15-13(18)8-12(9-17)16-14(19)20-10-11-6-4-3-5-7-11/h3-7,12,17H,2,8-10H2,1H3,(H,15,18)(H,16,19)/t12-/m1/s1. The fourth-order valence-corrected chi connectivity index (χ4v) is 1.59. The topological polar surface area (TPSA) is 87.7 Å². The summed E-state index contributed by atoms with van der Waals surface area (Å²) in [7, 11) is 0. The van der Waals surface area contributed by atoms with Gasteiger partial charge in [-0.15, -0.1) is 0 Å². The molecule has 1 atom stereocenters. The van der Waals surface area contributed by atoms with Gasteiger partial charge in [0.05, 0.1) is 12.6 Å². The number of rotatable bonds is 7. The molecule has 1 aromatic carbocycles. The van der Waals surface area contributed by atoms with Crippen molar-refractivity contribution < 1.29 is 19.4 Å². The Morgan fingerprint density at radius 1 is 1.30 bits per heavy atom. The average Bonchev–Trinajstić information content (AvgIpc) is 2.45. The summed E-state index contributed by atoms with van der Waals surface area (Å²) in [6, 6.07) is 8.60. The molecule has 110 valence electrons. The van der Waals surface area contributed by atoms with Crippen molar-refractivity contribution in [1.29, 1.82) is 0 Å². The van der Waals surface area contributed by atoms with Crippen LogP contribution in [0.1, 0.15) is 18.9 Å². The second kappa shape index (κ2) is 8.92. The van der Waals surface area contributed by atoms with Gasteiger partial charge < -0.3 is 20.5 Å². The van der Waals surface area contributed by atoms with E-state index in [4.69, 9.17) is 9.84 Å². The molecule has 2 amide bonds. The molecule has 3 N–H and O–H groups in total. The van der Waals surface area contributed by atoms with Crippen LogP contribution in [0.4, 0.5) is 4.79 Å². The summed E-state index contributed by atoms with van der Waals surface area (Å²) in [5.41, 5.74) is 0.868. The van der Waals surface area contributed by atoms with Crippen molar-refractivity contribution in [3.05, 3.63) is 35.9 Å². The van der Waals surface area contributed by atoms with Crippen molar-refractivity contribution in [2.45, 2.75) is 26.0 Å². The highest BCUT2D eigenvalue weighted by Gasteiger charge is 2.15. The zero-order valence-electron chi connectivity index (χ0n) is 11.5. The van der Waals surface area contributed by atoms with Crippen LogP contribution in [0.2, 0.25) is 0 Å². The second-order valence-corrected chi connectivity index (χ2v) is 4.24. The monoisotopic (exact) mass is 280 g/mol. The van der Waals surface area contributed by atoms with E-state index >= 15 is 0 Å². The van der Waals surface area contributed by atoms with Gasteiger partial charge in [0.1, 0.15) is 6.61 Å². The fourth-order valence-electron chi connectivity index (χ4n) is 1.59. The largest absolute Gasteiger partial charge is 0.445 e. The number of amides is 2. The minimum atomic E-state index is -0.655. The van der Waals surface area contributed by atoms with Gasteiger partial charge in [0.2, 0.25) is 5.91 Å². The van der Waals surface area contributed by atoms with Crippen molar-refractivity contribution in [2.24, 2.45) is 0 Å². The van der Waals surface area contributed by atoms with Crippen molar-refractivity contribution in [3.63, 3.8) is 0 Å². The fraction of sp³-hybridized carbons (Fsp3) is 0.429. The molecule has 0 saturated heterocycles. The van der Waals surface area contributed by atoms with Crippen LogP contribution >= 0.6 is 0 Å². The van der Waals surface area contributed by atoms with Crippen molar-refractivity contribution in [3.8, 4) is 0 Å². The second-order valence-electron chi connectivity index (χ2n) is 4.24. The van der Waals surface area contributed by atoms with E-state index < -0.39 is 12.1 Å². The molecule has 0 unspecified atom stereocenters. The third-order valence-corrected chi connectivity index (χ3v) is 2.56. The lowest BCUT2D eigenvalue weighted by atomic mass is 10.2. The molecule has 6 nitrogen and oxygen atoms in total. The van der Waals surface area contributed by atoms with Crippen molar-refractivity contribution in [2.75, 3.05) is 13.2 Å². The predicted octanol–water partition coefficient (Wildman–Crippen LogP) is 0.800. The Labute approximate surface area is 118 Å². The van der Waals surface area contributed by atoms with Crippen LogP contribution in [-0.4, -0.2) is 36.3 Å². The highest BCUT2D eigenvalue weighted by molar-refractivity contribution is 5.77. The average molecular weight is 280 g/mol. The van der Waals surface area contributed by atoms with E-state index in [2.05, 4.69) is 10.6 Å². The van der Waals surface area contributed by atoms with E-state index in [9.17, 15) is 9.59 Å². The maximum atomic E-state index is 11.5. The number of aliphatic hydroxyl groups is 1. The number of hydrogen-bond acceptors (Lipinski definition) is 4. The van der Waals surface area contributed by atoms with Crippen molar-refractivity contribution in [1.82, 2.24) is 10.6 Å². The molecule has 0 saturated carbocycles. The smallest absolute Gasteiger partial charge is 0.407 e. The molecule has 1 aromatic rings. The van der Waals surface area contributed by atoms with Crippen LogP contribution in [0.3, 0.4) is 0 Å². The number of aliphatic hydroxyl groups excluding tert-OH is 1. The zero-order chi connectivity index (χ0) is 14.8. The van der Waals surface area contributed by atoms with Gasteiger partial charge in [-0.25, -0.2) is 4.79 Å². The maximum absolute atomic E-state index is 11.5. The quantitative estimate of drug-likeness (QED) is 0.689. The molecule has 0 aliphatic carbocycles. The molecular formula is C14H20N2O4. The molecule has 6 heteroatoms. The van der Waals surface area contributed by atoms with Gasteiger partial charge in [-0.1, -0.05) is 30.3 Å². The number of nitrogens with one attached hydrogen (secondary N) is 2. The molecule has 20 heavy (non-hydrogen) atoms. The zero-order valence-corrected chi connectivity index (χ0v) is 11.5. The number of carbonyl (C=O) groups is 2. The number of ether oxygens (including phenoxy) is 1. The summed E-state index contributed by atoms with van der Waals surface area (Å²) in [6.45, 7) is 2.13. The molecular weight excluding hydrogens is 260 g/mol. The molecule has 0 spiro atoms. The van der Waals surface area contributed by atoms with Crippen molar-refractivity contribution >= 4 is 12.0 Å². The normalized spacial score (nSPS) is 11.5. The van der Waals surface area contributed by atoms with Crippen LogP contribution < -0.4 is 10.6 Å². The van der Waals surface area contributed by atoms with Gasteiger partial charge in [-0.3, -0.25) is 4.79 Å². The summed E-state index contributed by atoms with van der Waals surface area (Å²) in [4.78, 5) is 22.9. The van der Waals surface area contributed by atoms with Gasteiger partial charge in [-0.05, 0) is 12.5 Å². The summed E-state index contributed by atoms with van der Waals surface area (Å²) in [5, 5.41) is 14.2. The molecule has 0 aromatic heterocycles. The predicted molar refractivity (Wildman–Crippen MR) is 73.9 cm³/mol. The van der Waals surface area contributed by atoms with Crippen LogP contribution in [0.5, 0.6) is 0 Å². The van der Waals surface area contributed by atoms with E-state index in [1.165, 1.54) is 0 Å². The van der Waals surface area contributed by atoms with E-state index in [1.54, 1.807) is 6.92 Å². The minimum Gasteiger partial charge on any atom is -0.445 e. The molecule has 0 aliphatic rings. The molecule has 0 radical (unpaired) electrons. The summed E-state index contributed by atoms with van der Waals surface area (Å²) in [6.07, 6.45) is -0.637. The third kappa shape index (κ3) is 6.19. The lowest BCUT2D eigenvalue weighted by molar-refractivity contribution is -0.121. The van der Waals surface area contributed by atoms with E-state index in [1.807, 2.05) is 30.3 Å². The Morgan fingerprint density at radius 3 is 2.60 bits per heavy atom. The molecule has 0 bridgehead atoms. The van der Waals surface area contributed by atoms with Gasteiger partial charge >= 0.3 is 6.09 Å². The summed E-state index contributed by atoms with van der Waals surface area (Å²) >= 11 is 0. The van der Waals surface area contributed by atoms with Crippen LogP contribution in [0.15, 0.2) is 30.3 Å². The molecule has 0 fully saturated rings. The lowest BCUT2D eigenvalue weighted by Gasteiger charge is -2.15. The highest BCUT2D eigenvalue weighted by Crippen LogP contribution is 2.01. The molecule has 1 rings (SSSR count). The first-order chi connectivity index (χ1) is 9.65. The minimum absolute atomic E-state index is 0.0186. The molecule has 0 heterocycles. The number of carbonyl (C=O) groups excluding carboxylic acids is 2. The first-order valence-corrected chi connectivity index (χ1v) is 6.50. The number of alkyl carbamates (subject to hydrolysis) is 1. The van der Waals surface area contributed by atoms with Crippen LogP contribution in [0, 0.1) is 0 Å². The third-order valence-electron chi connectivity index (χ3n) is 2.56. The Morgan fingerprint density at radius 2 is 2.00 bits per heavy atom. The maximum Gasteiger partial charge on any atom is 0.407 e. The number of benzene rings is 1. The van der Waals surface area contributed by atoms with Gasteiger partial charge in [-0.2, -0.15) is 0 Å². The highest BCUT2D eigenvalue weighted by atomic mass is 16.5. The van der Waals surface area contributed by atoms with E-state index in [0.717, 1.165) is 5.56 Å². The van der Waals surface area contributed by atoms with Crippen LogP contribution in [-0.2, 0) is 16.1 Å². The first kappa shape index (κ1) is 16.0. The summed E-state index contributed by atoms with van der Waals surface area (Å²) in [5.74, 6) is -0.227.